The van der Waals surface area contributed by atoms with Crippen molar-refractivity contribution in [2.75, 3.05) is 13.1 Å². The SMILES string of the molecule is O=C(c1cccnc1SC(F)F)N1CCC(OCc2ccccc2)CC1. The number of hydrogen-bond acceptors (Lipinski definition) is 4. The molecular formula is C19H20F2N2O2S. The first-order valence-corrected chi connectivity index (χ1v) is 9.36. The van der Waals surface area contributed by atoms with Crippen LogP contribution >= 0.6 is 11.8 Å². The Morgan fingerprint density at radius 3 is 2.62 bits per heavy atom. The number of carbonyl (C=O) groups is 1. The van der Waals surface area contributed by atoms with Crippen LogP contribution in [0.3, 0.4) is 0 Å². The van der Waals surface area contributed by atoms with E-state index in [-0.39, 0.29) is 22.6 Å². The van der Waals surface area contributed by atoms with E-state index < -0.39 is 5.76 Å². The lowest BCUT2D eigenvalue weighted by molar-refractivity contribution is -0.000472. The summed E-state index contributed by atoms with van der Waals surface area (Å²) < 4.78 is 31.3. The number of pyridine rings is 1. The maximum absolute atomic E-state index is 12.7. The summed E-state index contributed by atoms with van der Waals surface area (Å²) in [5.74, 6) is -2.85. The van der Waals surface area contributed by atoms with Crippen molar-refractivity contribution in [2.24, 2.45) is 0 Å². The molecule has 0 bridgehead atoms. The van der Waals surface area contributed by atoms with E-state index in [1.165, 1.54) is 6.20 Å². The van der Waals surface area contributed by atoms with Crippen LogP contribution in [0.4, 0.5) is 8.78 Å². The molecule has 2 aromatic rings. The topological polar surface area (TPSA) is 42.4 Å². The Labute approximate surface area is 155 Å². The number of alkyl halides is 2. The summed E-state index contributed by atoms with van der Waals surface area (Å²) in [6, 6.07) is 13.1. The van der Waals surface area contributed by atoms with Crippen molar-refractivity contribution in [2.45, 2.75) is 36.3 Å². The molecule has 0 N–H and O–H groups in total. The first kappa shape index (κ1) is 18.8. The van der Waals surface area contributed by atoms with Crippen LogP contribution in [0.25, 0.3) is 0 Å². The van der Waals surface area contributed by atoms with Gasteiger partial charge in [0.15, 0.2) is 0 Å². The van der Waals surface area contributed by atoms with E-state index in [0.717, 1.165) is 18.4 Å². The molecule has 0 aliphatic carbocycles. The van der Waals surface area contributed by atoms with Gasteiger partial charge in [-0.2, -0.15) is 8.78 Å². The monoisotopic (exact) mass is 378 g/mol. The number of halogens is 2. The lowest BCUT2D eigenvalue weighted by Crippen LogP contribution is -2.41. The molecule has 1 aliphatic rings. The van der Waals surface area contributed by atoms with Crippen LogP contribution in [0.5, 0.6) is 0 Å². The molecule has 4 nitrogen and oxygen atoms in total. The highest BCUT2D eigenvalue weighted by Crippen LogP contribution is 2.28. The second kappa shape index (κ2) is 9.09. The third-order valence-electron chi connectivity index (χ3n) is 4.26. The predicted octanol–water partition coefficient (Wildman–Crippen LogP) is 4.22. The molecule has 0 unspecified atom stereocenters. The van der Waals surface area contributed by atoms with Crippen LogP contribution in [0.1, 0.15) is 28.8 Å². The van der Waals surface area contributed by atoms with Gasteiger partial charge in [0.05, 0.1) is 18.3 Å². The fourth-order valence-corrected chi connectivity index (χ4v) is 3.49. The van der Waals surface area contributed by atoms with Crippen molar-refractivity contribution < 1.29 is 18.3 Å². The van der Waals surface area contributed by atoms with Crippen molar-refractivity contribution in [1.29, 1.82) is 0 Å². The van der Waals surface area contributed by atoms with Crippen LogP contribution in [0, 0.1) is 0 Å². The minimum atomic E-state index is -2.60. The molecule has 0 saturated carbocycles. The summed E-state index contributed by atoms with van der Waals surface area (Å²) in [6.45, 7) is 1.65. The maximum atomic E-state index is 12.7. The highest BCUT2D eigenvalue weighted by atomic mass is 32.2. The molecule has 1 aliphatic heterocycles. The number of likely N-dealkylation sites (tertiary alicyclic amines) is 1. The van der Waals surface area contributed by atoms with Crippen molar-refractivity contribution in [3.63, 3.8) is 0 Å². The molecule has 3 rings (SSSR count). The number of amides is 1. The first-order valence-electron chi connectivity index (χ1n) is 8.48. The lowest BCUT2D eigenvalue weighted by Gasteiger charge is -2.32. The molecule has 0 radical (unpaired) electrons. The second-order valence-corrected chi connectivity index (χ2v) is 7.00. The van der Waals surface area contributed by atoms with Crippen molar-refractivity contribution >= 4 is 17.7 Å². The van der Waals surface area contributed by atoms with Gasteiger partial charge in [-0.1, -0.05) is 30.3 Å². The smallest absolute Gasteiger partial charge is 0.290 e. The number of piperidine rings is 1. The van der Waals surface area contributed by atoms with Gasteiger partial charge < -0.3 is 9.64 Å². The summed E-state index contributed by atoms with van der Waals surface area (Å²) in [5.41, 5.74) is 1.36. The van der Waals surface area contributed by atoms with Crippen LogP contribution < -0.4 is 0 Å². The molecule has 7 heteroatoms. The molecule has 26 heavy (non-hydrogen) atoms. The van der Waals surface area contributed by atoms with E-state index in [0.29, 0.717) is 31.5 Å². The number of aromatic nitrogens is 1. The number of ether oxygens (including phenoxy) is 1. The Morgan fingerprint density at radius 1 is 1.19 bits per heavy atom. The molecule has 1 saturated heterocycles. The van der Waals surface area contributed by atoms with Gasteiger partial charge >= 0.3 is 0 Å². The highest BCUT2D eigenvalue weighted by Gasteiger charge is 2.26. The van der Waals surface area contributed by atoms with Crippen molar-refractivity contribution in [1.82, 2.24) is 9.88 Å². The standard InChI is InChI=1S/C19H20F2N2O2S/c20-19(21)26-17-16(7-4-10-22-17)18(24)23-11-8-15(9-12-23)25-13-14-5-2-1-3-6-14/h1-7,10,15,19H,8-9,11-13H2. The van der Waals surface area contributed by atoms with Gasteiger partial charge in [-0.15, -0.1) is 0 Å². The van der Waals surface area contributed by atoms with E-state index >= 15 is 0 Å². The quantitative estimate of drug-likeness (QED) is 0.706. The minimum Gasteiger partial charge on any atom is -0.373 e. The average Bonchev–Trinajstić information content (AvgIpc) is 2.67. The molecule has 0 atom stereocenters. The van der Waals surface area contributed by atoms with Crippen molar-refractivity contribution in [3.05, 3.63) is 59.8 Å². The van der Waals surface area contributed by atoms with E-state index in [4.69, 9.17) is 4.74 Å². The molecule has 1 amide bonds. The molecular weight excluding hydrogens is 358 g/mol. The van der Waals surface area contributed by atoms with Gasteiger partial charge in [0.2, 0.25) is 0 Å². The molecule has 0 spiro atoms. The van der Waals surface area contributed by atoms with E-state index in [2.05, 4.69) is 4.98 Å². The Morgan fingerprint density at radius 2 is 1.92 bits per heavy atom. The molecule has 1 aromatic heterocycles. The van der Waals surface area contributed by atoms with Crippen LogP contribution in [-0.4, -0.2) is 40.7 Å². The number of benzene rings is 1. The third-order valence-corrected chi connectivity index (χ3v) is 4.99. The fourth-order valence-electron chi connectivity index (χ4n) is 2.92. The minimum absolute atomic E-state index is 0.0787. The normalized spacial score (nSPS) is 15.4. The van der Waals surface area contributed by atoms with E-state index in [1.807, 2.05) is 30.3 Å². The summed E-state index contributed by atoms with van der Waals surface area (Å²) in [6.07, 6.45) is 2.99. The Bertz CT molecular complexity index is 722. The number of hydrogen-bond donors (Lipinski definition) is 0. The predicted molar refractivity (Wildman–Crippen MR) is 96.3 cm³/mol. The number of thioether (sulfide) groups is 1. The fraction of sp³-hybridized carbons (Fsp3) is 0.368. The Balaban J connectivity index is 1.54. The van der Waals surface area contributed by atoms with Crippen molar-refractivity contribution in [3.8, 4) is 0 Å². The van der Waals surface area contributed by atoms with Gasteiger partial charge in [-0.05, 0) is 42.3 Å². The zero-order valence-electron chi connectivity index (χ0n) is 14.2. The third kappa shape index (κ3) is 5.02. The van der Waals surface area contributed by atoms with Gasteiger partial charge in [-0.3, -0.25) is 4.79 Å². The average molecular weight is 378 g/mol. The van der Waals surface area contributed by atoms with Gasteiger partial charge in [0, 0.05) is 19.3 Å². The van der Waals surface area contributed by atoms with E-state index in [9.17, 15) is 13.6 Å². The second-order valence-electron chi connectivity index (χ2n) is 6.02. The van der Waals surface area contributed by atoms with Crippen LogP contribution in [0.15, 0.2) is 53.7 Å². The molecule has 2 heterocycles. The zero-order valence-corrected chi connectivity index (χ0v) is 15.0. The Hall–Kier alpha value is -1.99. The van der Waals surface area contributed by atoms with Gasteiger partial charge in [0.25, 0.3) is 11.7 Å². The molecule has 1 fully saturated rings. The van der Waals surface area contributed by atoms with Crippen LogP contribution in [-0.2, 0) is 11.3 Å². The first-order chi connectivity index (χ1) is 12.6. The lowest BCUT2D eigenvalue weighted by atomic mass is 10.1. The summed E-state index contributed by atoms with van der Waals surface area (Å²) in [4.78, 5) is 18.3. The number of carbonyl (C=O) groups excluding carboxylic acids is 1. The van der Waals surface area contributed by atoms with Gasteiger partial charge in [0.1, 0.15) is 5.03 Å². The summed E-state index contributed by atoms with van der Waals surface area (Å²) >= 11 is 0.307. The summed E-state index contributed by atoms with van der Waals surface area (Å²) in [5, 5.41) is 0.0787. The van der Waals surface area contributed by atoms with E-state index in [1.54, 1.807) is 17.0 Å². The molecule has 1 aromatic carbocycles. The maximum Gasteiger partial charge on any atom is 0.290 e. The zero-order chi connectivity index (χ0) is 18.4. The van der Waals surface area contributed by atoms with Gasteiger partial charge in [-0.25, -0.2) is 4.98 Å². The highest BCUT2D eigenvalue weighted by molar-refractivity contribution is 7.99. The Kier molecular flexibility index (Phi) is 6.57. The summed E-state index contributed by atoms with van der Waals surface area (Å²) in [7, 11) is 0. The number of rotatable bonds is 6. The largest absolute Gasteiger partial charge is 0.373 e. The van der Waals surface area contributed by atoms with Crippen LogP contribution in [0.2, 0.25) is 0 Å². The number of nitrogens with zero attached hydrogens (tertiary/aromatic N) is 2. The molecule has 138 valence electrons.